The van der Waals surface area contributed by atoms with E-state index in [2.05, 4.69) is 15.5 Å². The molecule has 3 aromatic carbocycles. The molecule has 0 saturated carbocycles. The highest BCUT2D eigenvalue weighted by molar-refractivity contribution is 6.00. The summed E-state index contributed by atoms with van der Waals surface area (Å²) in [6, 6.07) is 18.2. The van der Waals surface area contributed by atoms with E-state index in [9.17, 15) is 22.8 Å². The van der Waals surface area contributed by atoms with E-state index in [1.807, 2.05) is 12.1 Å². The molecule has 194 valence electrons. The Balaban J connectivity index is 1.38. The number of alkyl halides is 3. The fraction of sp³-hybridized carbons (Fsp3) is 0.259. The largest absolute Gasteiger partial charge is 0.449 e. The summed E-state index contributed by atoms with van der Waals surface area (Å²) < 4.78 is 49.9. The Morgan fingerprint density at radius 2 is 1.65 bits per heavy atom. The van der Waals surface area contributed by atoms with Gasteiger partial charge in [-0.2, -0.15) is 13.2 Å². The van der Waals surface area contributed by atoms with E-state index < -0.39 is 29.7 Å². The first-order valence-corrected chi connectivity index (χ1v) is 11.7. The molecule has 1 unspecified atom stereocenters. The van der Waals surface area contributed by atoms with Crippen LogP contribution in [0.1, 0.15) is 22.8 Å². The zero-order valence-electron chi connectivity index (χ0n) is 20.0. The molecule has 0 aromatic heterocycles. The second-order valence-corrected chi connectivity index (χ2v) is 8.43. The highest BCUT2D eigenvalue weighted by Gasteiger charge is 2.30. The molecule has 1 heterocycles. The lowest BCUT2D eigenvalue weighted by atomic mass is 10.1. The Bertz CT molecular complexity index is 1240. The first-order chi connectivity index (χ1) is 17.7. The second-order valence-electron chi connectivity index (χ2n) is 8.43. The Kier molecular flexibility index (Phi) is 7.98. The Morgan fingerprint density at radius 1 is 0.946 bits per heavy atom. The smallest absolute Gasteiger partial charge is 0.416 e. The van der Waals surface area contributed by atoms with E-state index in [4.69, 9.17) is 9.47 Å². The number of amides is 1. The molecule has 2 N–H and O–H groups in total. The van der Waals surface area contributed by atoms with Crippen molar-refractivity contribution in [2.45, 2.75) is 19.2 Å². The molecule has 37 heavy (non-hydrogen) atoms. The first kappa shape index (κ1) is 26.0. The van der Waals surface area contributed by atoms with Gasteiger partial charge in [0.1, 0.15) is 0 Å². The number of ether oxygens (including phenoxy) is 2. The van der Waals surface area contributed by atoms with E-state index in [0.29, 0.717) is 18.9 Å². The number of esters is 1. The van der Waals surface area contributed by atoms with Gasteiger partial charge in [-0.15, -0.1) is 0 Å². The van der Waals surface area contributed by atoms with Crippen LogP contribution in [0.3, 0.4) is 0 Å². The molecule has 4 rings (SSSR count). The maximum absolute atomic E-state index is 13.0. The van der Waals surface area contributed by atoms with Crippen LogP contribution in [0.4, 0.5) is 35.9 Å². The average molecular weight is 514 g/mol. The quantitative estimate of drug-likeness (QED) is 0.408. The lowest BCUT2D eigenvalue weighted by Crippen LogP contribution is -2.36. The summed E-state index contributed by atoms with van der Waals surface area (Å²) in [7, 11) is 0. The van der Waals surface area contributed by atoms with Crippen molar-refractivity contribution in [3.05, 3.63) is 83.9 Å². The van der Waals surface area contributed by atoms with Crippen LogP contribution < -0.4 is 15.5 Å². The predicted octanol–water partition coefficient (Wildman–Crippen LogP) is 5.47. The number of nitrogens with one attached hydrogen (secondary N) is 2. The third-order valence-corrected chi connectivity index (χ3v) is 5.78. The Morgan fingerprint density at radius 3 is 2.35 bits per heavy atom. The molecule has 0 aliphatic carbocycles. The lowest BCUT2D eigenvalue weighted by Gasteiger charge is -2.28. The van der Waals surface area contributed by atoms with Gasteiger partial charge < -0.3 is 25.0 Å². The molecule has 1 aliphatic heterocycles. The minimum Gasteiger partial charge on any atom is -0.449 e. The third kappa shape index (κ3) is 6.79. The average Bonchev–Trinajstić information content (AvgIpc) is 2.89. The van der Waals surface area contributed by atoms with Crippen molar-refractivity contribution < 1.29 is 32.2 Å². The van der Waals surface area contributed by atoms with Crippen molar-refractivity contribution in [1.29, 1.82) is 0 Å². The number of morpholine rings is 1. The van der Waals surface area contributed by atoms with Gasteiger partial charge in [0, 0.05) is 30.2 Å². The minimum atomic E-state index is -4.50. The molecular formula is C27H26F3N3O4. The SMILES string of the molecule is CC(OC(=O)c1ccccc1Nc1cccc(C(F)(F)F)c1)C(=O)Nc1ccc(N2CCOCC2)cc1. The Hall–Kier alpha value is -4.05. The summed E-state index contributed by atoms with van der Waals surface area (Å²) in [5.74, 6) is -1.31. The number of halogens is 3. The van der Waals surface area contributed by atoms with E-state index in [1.54, 1.807) is 24.3 Å². The molecule has 1 saturated heterocycles. The highest BCUT2D eigenvalue weighted by atomic mass is 19.4. The standard InChI is InChI=1S/C27H26F3N3O4/c1-18(25(34)32-20-9-11-22(12-10-20)33-13-15-36-16-14-33)37-26(35)23-7-2-3-8-24(23)31-21-6-4-5-19(17-21)27(28,29)30/h2-12,17-18,31H,13-16H2,1H3,(H,32,34). The summed E-state index contributed by atoms with van der Waals surface area (Å²) in [6.07, 6.45) is -5.62. The number of carbonyl (C=O) groups excluding carboxylic acids is 2. The molecule has 0 radical (unpaired) electrons. The molecule has 7 nitrogen and oxygen atoms in total. The Labute approximate surface area is 212 Å². The summed E-state index contributed by atoms with van der Waals surface area (Å²) in [5, 5.41) is 5.55. The lowest BCUT2D eigenvalue weighted by molar-refractivity contribution is -0.137. The number of benzene rings is 3. The summed E-state index contributed by atoms with van der Waals surface area (Å²) in [5.41, 5.74) is 1.23. The fourth-order valence-corrected chi connectivity index (χ4v) is 3.80. The van der Waals surface area contributed by atoms with Crippen molar-refractivity contribution in [2.75, 3.05) is 41.8 Å². The van der Waals surface area contributed by atoms with Crippen molar-refractivity contribution >= 4 is 34.6 Å². The molecule has 1 aliphatic rings. The predicted molar refractivity (Wildman–Crippen MR) is 134 cm³/mol. The van der Waals surface area contributed by atoms with Gasteiger partial charge in [-0.05, 0) is 61.5 Å². The van der Waals surface area contributed by atoms with Crippen LogP contribution in [0.15, 0.2) is 72.8 Å². The van der Waals surface area contributed by atoms with Gasteiger partial charge >= 0.3 is 12.1 Å². The number of hydrogen-bond acceptors (Lipinski definition) is 6. The van der Waals surface area contributed by atoms with Gasteiger partial charge in [-0.3, -0.25) is 4.79 Å². The van der Waals surface area contributed by atoms with Crippen molar-refractivity contribution in [3.8, 4) is 0 Å². The molecular weight excluding hydrogens is 487 g/mol. The second kappa shape index (κ2) is 11.3. The number of anilines is 4. The molecule has 1 fully saturated rings. The normalized spacial score (nSPS) is 14.5. The first-order valence-electron chi connectivity index (χ1n) is 11.7. The minimum absolute atomic E-state index is 0.0782. The van der Waals surface area contributed by atoms with E-state index in [-0.39, 0.29) is 16.9 Å². The van der Waals surface area contributed by atoms with Crippen LogP contribution in [0, 0.1) is 0 Å². The van der Waals surface area contributed by atoms with E-state index in [0.717, 1.165) is 30.9 Å². The molecule has 0 bridgehead atoms. The maximum atomic E-state index is 13.0. The van der Waals surface area contributed by atoms with Gasteiger partial charge in [0.25, 0.3) is 5.91 Å². The summed E-state index contributed by atoms with van der Waals surface area (Å²) in [4.78, 5) is 27.7. The zero-order chi connectivity index (χ0) is 26.4. The number of hydrogen-bond donors (Lipinski definition) is 2. The van der Waals surface area contributed by atoms with Crippen LogP contribution in [-0.4, -0.2) is 44.3 Å². The van der Waals surface area contributed by atoms with Crippen molar-refractivity contribution in [1.82, 2.24) is 0 Å². The van der Waals surface area contributed by atoms with Crippen molar-refractivity contribution in [3.63, 3.8) is 0 Å². The van der Waals surface area contributed by atoms with E-state index >= 15 is 0 Å². The fourth-order valence-electron chi connectivity index (χ4n) is 3.80. The molecule has 10 heteroatoms. The number of para-hydroxylation sites is 1. The van der Waals surface area contributed by atoms with Crippen LogP contribution in [0.25, 0.3) is 0 Å². The van der Waals surface area contributed by atoms with Gasteiger partial charge in [0.15, 0.2) is 6.10 Å². The maximum Gasteiger partial charge on any atom is 0.416 e. The molecule has 0 spiro atoms. The zero-order valence-corrected chi connectivity index (χ0v) is 20.0. The third-order valence-electron chi connectivity index (χ3n) is 5.78. The van der Waals surface area contributed by atoms with Gasteiger partial charge in [0.2, 0.25) is 0 Å². The van der Waals surface area contributed by atoms with Gasteiger partial charge in [0.05, 0.1) is 30.0 Å². The topological polar surface area (TPSA) is 79.9 Å². The molecule has 1 amide bonds. The van der Waals surface area contributed by atoms with Crippen LogP contribution in [0.5, 0.6) is 0 Å². The van der Waals surface area contributed by atoms with Gasteiger partial charge in [-0.25, -0.2) is 4.79 Å². The summed E-state index contributed by atoms with van der Waals surface area (Å²) in [6.45, 7) is 4.36. The number of carbonyl (C=O) groups is 2. The number of nitrogens with zero attached hydrogens (tertiary/aromatic N) is 1. The van der Waals surface area contributed by atoms with Crippen molar-refractivity contribution in [2.24, 2.45) is 0 Å². The van der Waals surface area contributed by atoms with Crippen LogP contribution in [0.2, 0.25) is 0 Å². The molecule has 1 atom stereocenters. The molecule has 3 aromatic rings. The van der Waals surface area contributed by atoms with Gasteiger partial charge in [-0.1, -0.05) is 18.2 Å². The monoisotopic (exact) mass is 513 g/mol. The summed E-state index contributed by atoms with van der Waals surface area (Å²) >= 11 is 0. The van der Waals surface area contributed by atoms with E-state index in [1.165, 1.54) is 31.2 Å². The van der Waals surface area contributed by atoms with Crippen LogP contribution >= 0.6 is 0 Å². The number of rotatable bonds is 7. The highest BCUT2D eigenvalue weighted by Crippen LogP contribution is 2.32. The van der Waals surface area contributed by atoms with Crippen LogP contribution in [-0.2, 0) is 20.4 Å².